The molecule has 0 radical (unpaired) electrons. The first-order valence-corrected chi connectivity index (χ1v) is 6.41. The molecule has 0 atom stereocenters. The minimum Gasteiger partial charge on any atom is -0.463 e. The number of carbonyl (C=O) groups excluding carboxylic acids is 1. The number of esters is 1. The maximum Gasteiger partial charge on any atom is 0.373 e. The van der Waals surface area contributed by atoms with Gasteiger partial charge in [0, 0.05) is 11.2 Å². The van der Waals surface area contributed by atoms with Crippen LogP contribution in [0.25, 0.3) is 10.9 Å². The Labute approximate surface area is 116 Å². The number of carbonyl (C=O) groups is 1. The molecule has 0 aliphatic heterocycles. The molecule has 3 rings (SSSR count). The van der Waals surface area contributed by atoms with Crippen molar-refractivity contribution in [3.8, 4) is 0 Å². The summed E-state index contributed by atoms with van der Waals surface area (Å²) in [5.41, 5.74) is 2.31. The summed E-state index contributed by atoms with van der Waals surface area (Å²) < 4.78 is 12.3. The third kappa shape index (κ3) is 2.09. The largest absolute Gasteiger partial charge is 0.463 e. The third-order valence-corrected chi connectivity index (χ3v) is 3.38. The highest BCUT2D eigenvalue weighted by molar-refractivity contribution is 5.86. The van der Waals surface area contributed by atoms with E-state index in [2.05, 4.69) is 34.4 Å². The van der Waals surface area contributed by atoms with Crippen LogP contribution in [0.1, 0.15) is 22.0 Å². The highest BCUT2D eigenvalue weighted by atomic mass is 16.5. The van der Waals surface area contributed by atoms with Gasteiger partial charge in [0.1, 0.15) is 5.76 Å². The van der Waals surface area contributed by atoms with Crippen LogP contribution in [0.4, 0.5) is 0 Å². The molecular weight excluding hydrogens is 254 g/mol. The second-order valence-corrected chi connectivity index (χ2v) is 4.69. The van der Waals surface area contributed by atoms with Crippen molar-refractivity contribution < 1.29 is 13.9 Å². The minimum atomic E-state index is -0.453. The number of hydrogen-bond donors (Lipinski definition) is 0. The molecule has 0 aliphatic carbocycles. The van der Waals surface area contributed by atoms with Crippen LogP contribution in [-0.4, -0.2) is 17.6 Å². The zero-order valence-corrected chi connectivity index (χ0v) is 11.4. The van der Waals surface area contributed by atoms with E-state index in [0.29, 0.717) is 6.54 Å². The van der Waals surface area contributed by atoms with Gasteiger partial charge in [0.2, 0.25) is 5.76 Å². The van der Waals surface area contributed by atoms with Crippen LogP contribution in [0.2, 0.25) is 0 Å². The molecule has 2 heterocycles. The zero-order valence-electron chi connectivity index (χ0n) is 11.4. The van der Waals surface area contributed by atoms with E-state index in [9.17, 15) is 4.79 Å². The Hall–Kier alpha value is -2.49. The maximum absolute atomic E-state index is 11.4. The molecule has 2 aromatic heterocycles. The molecule has 20 heavy (non-hydrogen) atoms. The lowest BCUT2D eigenvalue weighted by molar-refractivity contribution is 0.0563. The van der Waals surface area contributed by atoms with Crippen LogP contribution < -0.4 is 0 Å². The Kier molecular flexibility index (Phi) is 3.06. The van der Waals surface area contributed by atoms with Crippen molar-refractivity contribution in [2.75, 3.05) is 7.11 Å². The topological polar surface area (TPSA) is 44.4 Å². The van der Waals surface area contributed by atoms with Crippen LogP contribution in [-0.2, 0) is 11.3 Å². The molecule has 0 aliphatic rings. The van der Waals surface area contributed by atoms with Crippen molar-refractivity contribution in [2.24, 2.45) is 0 Å². The average Bonchev–Trinajstić information content (AvgIpc) is 3.04. The number of furan rings is 1. The summed E-state index contributed by atoms with van der Waals surface area (Å²) in [7, 11) is 1.34. The van der Waals surface area contributed by atoms with Gasteiger partial charge in [-0.2, -0.15) is 0 Å². The van der Waals surface area contributed by atoms with Gasteiger partial charge in [-0.3, -0.25) is 0 Å². The van der Waals surface area contributed by atoms with Gasteiger partial charge in [-0.25, -0.2) is 4.79 Å². The second-order valence-electron chi connectivity index (χ2n) is 4.69. The molecule has 4 heteroatoms. The molecule has 0 amide bonds. The number of ether oxygens (including phenoxy) is 1. The highest BCUT2D eigenvalue weighted by Crippen LogP contribution is 2.21. The first kappa shape index (κ1) is 12.5. The number of hydrogen-bond acceptors (Lipinski definition) is 3. The monoisotopic (exact) mass is 269 g/mol. The van der Waals surface area contributed by atoms with Crippen LogP contribution in [0.15, 0.2) is 46.9 Å². The average molecular weight is 269 g/mol. The molecule has 0 saturated heterocycles. The number of rotatable bonds is 3. The molecular formula is C16H15NO3. The van der Waals surface area contributed by atoms with E-state index in [1.807, 2.05) is 12.1 Å². The van der Waals surface area contributed by atoms with E-state index in [1.54, 1.807) is 12.1 Å². The maximum atomic E-state index is 11.4. The molecule has 0 unspecified atom stereocenters. The fourth-order valence-corrected chi connectivity index (χ4v) is 2.39. The Morgan fingerprint density at radius 2 is 2.05 bits per heavy atom. The van der Waals surface area contributed by atoms with Gasteiger partial charge in [0.15, 0.2) is 0 Å². The van der Waals surface area contributed by atoms with Crippen molar-refractivity contribution in [1.29, 1.82) is 0 Å². The van der Waals surface area contributed by atoms with Crippen molar-refractivity contribution in [1.82, 2.24) is 4.57 Å². The predicted molar refractivity (Wildman–Crippen MR) is 75.8 cm³/mol. The van der Waals surface area contributed by atoms with E-state index in [0.717, 1.165) is 17.0 Å². The highest BCUT2D eigenvalue weighted by Gasteiger charge is 2.12. The van der Waals surface area contributed by atoms with Gasteiger partial charge in [0.25, 0.3) is 0 Å². The standard InChI is InChI=1S/C16H15NO3/c1-11-9-12-5-3-4-6-14(12)17(11)10-13-7-8-15(20-13)16(18)19-2/h3-9H,10H2,1-2H3. The number of aromatic nitrogens is 1. The normalized spacial score (nSPS) is 10.9. The fourth-order valence-electron chi connectivity index (χ4n) is 2.39. The van der Waals surface area contributed by atoms with Gasteiger partial charge in [-0.05, 0) is 36.6 Å². The molecule has 0 fully saturated rings. The van der Waals surface area contributed by atoms with Crippen LogP contribution in [0, 0.1) is 6.92 Å². The van der Waals surface area contributed by atoms with Gasteiger partial charge < -0.3 is 13.7 Å². The minimum absolute atomic E-state index is 0.233. The second kappa shape index (κ2) is 4.89. The van der Waals surface area contributed by atoms with Crippen LogP contribution in [0.3, 0.4) is 0 Å². The summed E-state index contributed by atoms with van der Waals surface area (Å²) in [5, 5.41) is 1.20. The number of nitrogens with zero attached hydrogens (tertiary/aromatic N) is 1. The number of para-hydroxylation sites is 1. The Morgan fingerprint density at radius 3 is 2.85 bits per heavy atom. The number of aryl methyl sites for hydroxylation is 1. The van der Waals surface area contributed by atoms with E-state index < -0.39 is 5.97 Å². The summed E-state index contributed by atoms with van der Waals surface area (Å²) in [5.74, 6) is 0.511. The van der Waals surface area contributed by atoms with E-state index in [4.69, 9.17) is 4.42 Å². The van der Waals surface area contributed by atoms with Gasteiger partial charge in [0.05, 0.1) is 13.7 Å². The molecule has 0 N–H and O–H groups in total. The number of methoxy groups -OCH3 is 1. The zero-order chi connectivity index (χ0) is 14.1. The summed E-state index contributed by atoms with van der Waals surface area (Å²) >= 11 is 0. The molecule has 1 aromatic carbocycles. The van der Waals surface area contributed by atoms with E-state index >= 15 is 0 Å². The summed E-state index contributed by atoms with van der Waals surface area (Å²) in [6, 6.07) is 13.8. The predicted octanol–water partition coefficient (Wildman–Crippen LogP) is 3.38. The quantitative estimate of drug-likeness (QED) is 0.685. The molecule has 4 nitrogen and oxygen atoms in total. The van der Waals surface area contributed by atoms with Crippen LogP contribution in [0.5, 0.6) is 0 Å². The van der Waals surface area contributed by atoms with Gasteiger partial charge in [-0.15, -0.1) is 0 Å². The van der Waals surface area contributed by atoms with E-state index in [1.165, 1.54) is 12.5 Å². The first-order chi connectivity index (χ1) is 9.69. The van der Waals surface area contributed by atoms with Gasteiger partial charge >= 0.3 is 5.97 Å². The molecule has 3 aromatic rings. The van der Waals surface area contributed by atoms with Crippen molar-refractivity contribution in [2.45, 2.75) is 13.5 Å². The van der Waals surface area contributed by atoms with Crippen molar-refractivity contribution in [3.63, 3.8) is 0 Å². The lowest BCUT2D eigenvalue weighted by atomic mass is 10.2. The summed E-state index contributed by atoms with van der Waals surface area (Å²) in [6.45, 7) is 2.65. The lowest BCUT2D eigenvalue weighted by Crippen LogP contribution is -2.01. The smallest absolute Gasteiger partial charge is 0.373 e. The third-order valence-electron chi connectivity index (χ3n) is 3.38. The Bertz CT molecular complexity index is 767. The fraction of sp³-hybridized carbons (Fsp3) is 0.188. The van der Waals surface area contributed by atoms with Gasteiger partial charge in [-0.1, -0.05) is 18.2 Å². The van der Waals surface area contributed by atoms with Crippen LogP contribution >= 0.6 is 0 Å². The molecule has 0 spiro atoms. The first-order valence-electron chi connectivity index (χ1n) is 6.41. The van der Waals surface area contributed by atoms with Crippen molar-refractivity contribution >= 4 is 16.9 Å². The molecule has 102 valence electrons. The Morgan fingerprint density at radius 1 is 1.25 bits per heavy atom. The summed E-state index contributed by atoms with van der Waals surface area (Å²) in [4.78, 5) is 11.4. The number of fused-ring (bicyclic) bond motifs is 1. The van der Waals surface area contributed by atoms with E-state index in [-0.39, 0.29) is 5.76 Å². The number of benzene rings is 1. The lowest BCUT2D eigenvalue weighted by Gasteiger charge is -2.05. The Balaban J connectivity index is 1.95. The summed E-state index contributed by atoms with van der Waals surface area (Å²) in [6.07, 6.45) is 0. The SMILES string of the molecule is COC(=O)c1ccc(Cn2c(C)cc3ccccc32)o1. The van der Waals surface area contributed by atoms with Crippen molar-refractivity contribution in [3.05, 3.63) is 59.7 Å². The molecule has 0 bridgehead atoms. The molecule has 0 saturated carbocycles.